The van der Waals surface area contributed by atoms with Crippen LogP contribution in [0.15, 0.2) is 22.7 Å². The van der Waals surface area contributed by atoms with Crippen LogP contribution < -0.4 is 0 Å². The first-order chi connectivity index (χ1) is 11.0. The maximum absolute atomic E-state index is 12.0. The van der Waals surface area contributed by atoms with Gasteiger partial charge in [0.05, 0.1) is 5.92 Å². The van der Waals surface area contributed by atoms with Crippen LogP contribution in [0.3, 0.4) is 0 Å². The van der Waals surface area contributed by atoms with Crippen LogP contribution in [0.5, 0.6) is 0 Å². The van der Waals surface area contributed by atoms with Crippen molar-refractivity contribution in [3.63, 3.8) is 0 Å². The number of carbonyl (C=O) groups excluding carboxylic acids is 1. The molecule has 0 N–H and O–H groups in total. The molecule has 0 atom stereocenters. The van der Waals surface area contributed by atoms with Crippen LogP contribution in [-0.4, -0.2) is 11.1 Å². The smallest absolute Gasteiger partial charge is 0.309 e. The van der Waals surface area contributed by atoms with Gasteiger partial charge >= 0.3 is 5.97 Å². The first-order valence-electron chi connectivity index (χ1n) is 8.25. The summed E-state index contributed by atoms with van der Waals surface area (Å²) in [6.07, 6.45) is 4.14. The van der Waals surface area contributed by atoms with E-state index in [1.54, 1.807) is 0 Å². The average molecular weight is 313 g/mol. The molecule has 0 amide bonds. The fourth-order valence-corrected chi connectivity index (χ4v) is 3.50. The number of aryl methyl sites for hydroxylation is 3. The fourth-order valence-electron chi connectivity index (χ4n) is 3.50. The second-order valence-corrected chi connectivity index (χ2v) is 6.54. The molecule has 4 nitrogen and oxygen atoms in total. The molecule has 0 radical (unpaired) electrons. The van der Waals surface area contributed by atoms with E-state index in [1.165, 1.54) is 16.7 Å². The predicted octanol–water partition coefficient (Wildman–Crippen LogP) is 4.50. The van der Waals surface area contributed by atoms with Gasteiger partial charge in [0.15, 0.2) is 12.4 Å². The van der Waals surface area contributed by atoms with Crippen molar-refractivity contribution in [2.45, 2.75) is 53.1 Å². The lowest BCUT2D eigenvalue weighted by Crippen LogP contribution is -2.14. The minimum Gasteiger partial charge on any atom is -0.457 e. The number of esters is 1. The van der Waals surface area contributed by atoms with Crippen LogP contribution in [0.4, 0.5) is 0 Å². The lowest BCUT2D eigenvalue weighted by molar-refractivity contribution is -0.150. The predicted molar refractivity (Wildman–Crippen MR) is 87.9 cm³/mol. The van der Waals surface area contributed by atoms with Crippen molar-refractivity contribution in [1.29, 1.82) is 0 Å². The summed E-state index contributed by atoms with van der Waals surface area (Å²) in [6, 6.07) is 6.14. The Morgan fingerprint density at radius 3 is 2.48 bits per heavy atom. The molecule has 2 aromatic rings. The van der Waals surface area contributed by atoms with E-state index in [-0.39, 0.29) is 18.5 Å². The van der Waals surface area contributed by atoms with Gasteiger partial charge in [0, 0.05) is 11.6 Å². The molecule has 1 aromatic carbocycles. The molecule has 1 aliphatic carbocycles. The summed E-state index contributed by atoms with van der Waals surface area (Å²) in [7, 11) is 0. The van der Waals surface area contributed by atoms with Crippen molar-refractivity contribution in [3.8, 4) is 11.3 Å². The lowest BCUT2D eigenvalue weighted by atomic mass is 9.97. The van der Waals surface area contributed by atoms with Crippen molar-refractivity contribution in [2.24, 2.45) is 5.92 Å². The van der Waals surface area contributed by atoms with Gasteiger partial charge in [0.1, 0.15) is 5.69 Å². The highest BCUT2D eigenvalue weighted by atomic mass is 16.5. The van der Waals surface area contributed by atoms with Gasteiger partial charge in [0.2, 0.25) is 0 Å². The molecule has 0 unspecified atom stereocenters. The number of benzene rings is 1. The van der Waals surface area contributed by atoms with Gasteiger partial charge in [-0.3, -0.25) is 4.79 Å². The third kappa shape index (κ3) is 3.46. The second kappa shape index (κ2) is 6.57. The minimum absolute atomic E-state index is 0.0685. The zero-order valence-electron chi connectivity index (χ0n) is 14.0. The monoisotopic (exact) mass is 313 g/mol. The fraction of sp³-hybridized carbons (Fsp3) is 0.474. The molecular weight excluding hydrogens is 290 g/mol. The van der Waals surface area contributed by atoms with Crippen molar-refractivity contribution in [1.82, 2.24) is 5.16 Å². The number of rotatable bonds is 4. The van der Waals surface area contributed by atoms with E-state index in [4.69, 9.17) is 9.26 Å². The highest BCUT2D eigenvalue weighted by molar-refractivity contribution is 5.72. The van der Waals surface area contributed by atoms with E-state index in [2.05, 4.69) is 38.1 Å². The molecule has 0 aliphatic heterocycles. The molecule has 0 spiro atoms. The molecule has 1 saturated carbocycles. The molecule has 122 valence electrons. The Balaban J connectivity index is 1.70. The Morgan fingerprint density at radius 2 is 1.83 bits per heavy atom. The highest BCUT2D eigenvalue weighted by Gasteiger charge is 2.24. The number of ether oxygens (including phenoxy) is 1. The average Bonchev–Trinajstić information content (AvgIpc) is 3.15. The lowest BCUT2D eigenvalue weighted by Gasteiger charge is -2.08. The molecular formula is C19H23NO3. The van der Waals surface area contributed by atoms with Crippen LogP contribution in [0.1, 0.15) is 48.1 Å². The number of hydrogen-bond donors (Lipinski definition) is 0. The molecule has 0 bridgehead atoms. The molecule has 0 saturated heterocycles. The SMILES string of the molecule is Cc1cc(C)c(-c2cc(COC(=O)C3CCCC3)on2)c(C)c1. The Hall–Kier alpha value is -2.10. The van der Waals surface area contributed by atoms with Crippen molar-refractivity contribution in [2.75, 3.05) is 0 Å². The van der Waals surface area contributed by atoms with Gasteiger partial charge in [0.25, 0.3) is 0 Å². The number of carbonyl (C=O) groups is 1. The number of hydrogen-bond acceptors (Lipinski definition) is 4. The molecule has 23 heavy (non-hydrogen) atoms. The number of aromatic nitrogens is 1. The maximum Gasteiger partial charge on any atom is 0.309 e. The van der Waals surface area contributed by atoms with Crippen LogP contribution in [0.2, 0.25) is 0 Å². The third-order valence-electron chi connectivity index (χ3n) is 4.54. The van der Waals surface area contributed by atoms with E-state index < -0.39 is 0 Å². The maximum atomic E-state index is 12.0. The Labute approximate surface area is 136 Å². The van der Waals surface area contributed by atoms with Gasteiger partial charge in [-0.2, -0.15) is 0 Å². The molecule has 1 fully saturated rings. The molecule has 4 heteroatoms. The van der Waals surface area contributed by atoms with E-state index >= 15 is 0 Å². The highest BCUT2D eigenvalue weighted by Crippen LogP contribution is 2.29. The van der Waals surface area contributed by atoms with E-state index in [0.29, 0.717) is 5.76 Å². The summed E-state index contributed by atoms with van der Waals surface area (Å²) in [5.41, 5.74) is 5.47. The van der Waals surface area contributed by atoms with Gasteiger partial charge in [-0.1, -0.05) is 35.7 Å². The van der Waals surface area contributed by atoms with Gasteiger partial charge in [-0.25, -0.2) is 0 Å². The summed E-state index contributed by atoms with van der Waals surface area (Å²) in [4.78, 5) is 12.0. The van der Waals surface area contributed by atoms with Crippen LogP contribution in [-0.2, 0) is 16.1 Å². The first kappa shape index (κ1) is 15.8. The van der Waals surface area contributed by atoms with Crippen LogP contribution in [0.25, 0.3) is 11.3 Å². The summed E-state index contributed by atoms with van der Waals surface area (Å²) in [5, 5.41) is 4.15. The van der Waals surface area contributed by atoms with Gasteiger partial charge in [-0.05, 0) is 44.7 Å². The summed E-state index contributed by atoms with van der Waals surface area (Å²) < 4.78 is 10.7. The molecule has 1 aliphatic rings. The largest absolute Gasteiger partial charge is 0.457 e. The van der Waals surface area contributed by atoms with Crippen molar-refractivity contribution < 1.29 is 14.1 Å². The summed E-state index contributed by atoms with van der Waals surface area (Å²) in [5.74, 6) is 0.549. The summed E-state index contributed by atoms with van der Waals surface area (Å²) in [6.45, 7) is 6.39. The van der Waals surface area contributed by atoms with Crippen molar-refractivity contribution in [3.05, 3.63) is 40.6 Å². The topological polar surface area (TPSA) is 52.3 Å². The van der Waals surface area contributed by atoms with E-state index in [9.17, 15) is 4.79 Å². The Morgan fingerprint density at radius 1 is 1.17 bits per heavy atom. The minimum atomic E-state index is -0.108. The normalized spacial score (nSPS) is 15.1. The van der Waals surface area contributed by atoms with E-state index in [1.807, 2.05) is 6.07 Å². The quantitative estimate of drug-likeness (QED) is 0.780. The summed E-state index contributed by atoms with van der Waals surface area (Å²) >= 11 is 0. The van der Waals surface area contributed by atoms with Crippen molar-refractivity contribution >= 4 is 5.97 Å². The third-order valence-corrected chi connectivity index (χ3v) is 4.54. The zero-order chi connectivity index (χ0) is 16.4. The van der Waals surface area contributed by atoms with E-state index in [0.717, 1.165) is 36.9 Å². The second-order valence-electron chi connectivity index (χ2n) is 6.54. The zero-order valence-corrected chi connectivity index (χ0v) is 14.0. The Kier molecular flexibility index (Phi) is 4.51. The van der Waals surface area contributed by atoms with Gasteiger partial charge in [-0.15, -0.1) is 0 Å². The number of nitrogens with zero attached hydrogens (tertiary/aromatic N) is 1. The first-order valence-corrected chi connectivity index (χ1v) is 8.25. The molecule has 3 rings (SSSR count). The molecule has 1 heterocycles. The van der Waals surface area contributed by atoms with Gasteiger partial charge < -0.3 is 9.26 Å². The van der Waals surface area contributed by atoms with Crippen LogP contribution >= 0.6 is 0 Å². The standard InChI is InChI=1S/C19H23NO3/c1-12-8-13(2)18(14(3)9-12)17-10-16(23-20-17)11-22-19(21)15-6-4-5-7-15/h8-10,15H,4-7,11H2,1-3H3. The Bertz CT molecular complexity index is 688. The molecule has 1 aromatic heterocycles. The van der Waals surface area contributed by atoms with Crippen LogP contribution in [0, 0.1) is 26.7 Å².